The molecule has 1 fully saturated rings. The summed E-state index contributed by atoms with van der Waals surface area (Å²) in [5, 5.41) is 53.5. The summed E-state index contributed by atoms with van der Waals surface area (Å²) in [5.74, 6) is -4.28. The molecule has 0 aromatic heterocycles. The van der Waals surface area contributed by atoms with Gasteiger partial charge in [0, 0.05) is 29.5 Å². The number of alkyl halides is 1. The van der Waals surface area contributed by atoms with Gasteiger partial charge in [0.05, 0.1) is 48.2 Å². The number of ketones is 3. The SMILES string of the molecule is COc1cccc2c1C(=O)c1c(O)c3c(c(O)c1C2=O)C[C@@](O)(C(=O)CO)C[C@@H]3O[C@@H]1O[C@@H](C)[C@@H](O)[C@@H](N)[C@H]1F.Cl. The van der Waals surface area contributed by atoms with Crippen molar-refractivity contribution in [3.05, 3.63) is 51.6 Å². The van der Waals surface area contributed by atoms with E-state index in [1.54, 1.807) is 0 Å². The molecule has 0 radical (unpaired) electrons. The minimum Gasteiger partial charge on any atom is -0.507 e. The van der Waals surface area contributed by atoms with Crippen LogP contribution < -0.4 is 10.5 Å². The molecular weight excluding hydrogens is 569 g/mol. The van der Waals surface area contributed by atoms with Gasteiger partial charge in [0.25, 0.3) is 0 Å². The Hall–Kier alpha value is -3.17. The zero-order valence-electron chi connectivity index (χ0n) is 21.9. The van der Waals surface area contributed by atoms with Crippen molar-refractivity contribution in [1.82, 2.24) is 0 Å². The van der Waals surface area contributed by atoms with Gasteiger partial charge in [0.15, 0.2) is 24.0 Å². The van der Waals surface area contributed by atoms with Crippen LogP contribution in [0.2, 0.25) is 0 Å². The summed E-state index contributed by atoms with van der Waals surface area (Å²) >= 11 is 0. The lowest BCUT2D eigenvalue weighted by atomic mass is 9.72. The molecule has 5 rings (SSSR count). The van der Waals surface area contributed by atoms with Crippen molar-refractivity contribution in [3.63, 3.8) is 0 Å². The van der Waals surface area contributed by atoms with Gasteiger partial charge in [-0.3, -0.25) is 14.4 Å². The molecule has 2 aliphatic carbocycles. The van der Waals surface area contributed by atoms with E-state index in [2.05, 4.69) is 0 Å². The molecule has 7 N–H and O–H groups in total. The maximum Gasteiger partial charge on any atom is 0.202 e. The number of phenols is 2. The number of hydrogen-bond donors (Lipinski definition) is 6. The summed E-state index contributed by atoms with van der Waals surface area (Å²) in [5.41, 5.74) is 1.43. The van der Waals surface area contributed by atoms with Gasteiger partial charge in [0.2, 0.25) is 5.78 Å². The number of fused-ring (bicyclic) bond motifs is 3. The smallest absolute Gasteiger partial charge is 0.202 e. The van der Waals surface area contributed by atoms with Crippen molar-refractivity contribution in [2.24, 2.45) is 5.73 Å². The van der Waals surface area contributed by atoms with E-state index >= 15 is 4.39 Å². The van der Waals surface area contributed by atoms with E-state index in [1.807, 2.05) is 0 Å². The van der Waals surface area contributed by atoms with E-state index < -0.39 is 102 Å². The van der Waals surface area contributed by atoms with Crippen LogP contribution in [-0.4, -0.2) is 92.9 Å². The highest BCUT2D eigenvalue weighted by molar-refractivity contribution is 6.31. The van der Waals surface area contributed by atoms with Crippen molar-refractivity contribution in [2.75, 3.05) is 13.7 Å². The van der Waals surface area contributed by atoms with E-state index in [-0.39, 0.29) is 40.4 Å². The van der Waals surface area contributed by atoms with Gasteiger partial charge in [-0.2, -0.15) is 0 Å². The lowest BCUT2D eigenvalue weighted by Gasteiger charge is -2.43. The number of aliphatic hydroxyl groups is 3. The molecule has 222 valence electrons. The summed E-state index contributed by atoms with van der Waals surface area (Å²) in [6.45, 7) is 0.322. The van der Waals surface area contributed by atoms with Gasteiger partial charge < -0.3 is 45.5 Å². The lowest BCUT2D eigenvalue weighted by molar-refractivity contribution is -0.273. The molecular formula is C27H29ClFNO11. The van der Waals surface area contributed by atoms with Gasteiger partial charge in [0.1, 0.15) is 29.5 Å². The van der Waals surface area contributed by atoms with E-state index in [0.29, 0.717) is 0 Å². The highest BCUT2D eigenvalue weighted by atomic mass is 35.5. The van der Waals surface area contributed by atoms with Crippen LogP contribution in [0.1, 0.15) is 62.4 Å². The highest BCUT2D eigenvalue weighted by Crippen LogP contribution is 2.52. The predicted octanol–water partition coefficient (Wildman–Crippen LogP) is 0.371. The Morgan fingerprint density at radius 2 is 1.83 bits per heavy atom. The molecule has 0 unspecified atom stereocenters. The van der Waals surface area contributed by atoms with Crippen LogP contribution in [0, 0.1) is 0 Å². The summed E-state index contributed by atoms with van der Waals surface area (Å²) in [7, 11) is 1.29. The van der Waals surface area contributed by atoms with Crippen LogP contribution in [-0.2, 0) is 20.7 Å². The Kier molecular flexibility index (Phi) is 8.19. The van der Waals surface area contributed by atoms with E-state index in [4.69, 9.17) is 19.9 Å². The van der Waals surface area contributed by atoms with Crippen LogP contribution >= 0.6 is 12.4 Å². The molecule has 1 aliphatic heterocycles. The zero-order chi connectivity index (χ0) is 29.3. The first-order valence-corrected chi connectivity index (χ1v) is 12.5. The first-order valence-electron chi connectivity index (χ1n) is 12.5. The fourth-order valence-corrected chi connectivity index (χ4v) is 5.71. The molecule has 12 nitrogen and oxygen atoms in total. The number of Topliss-reactive ketones (excluding diaryl/α,β-unsaturated/α-hetero) is 1. The number of phenolic OH excluding ortho intramolecular Hbond substituents is 2. The number of nitrogens with two attached hydrogens (primary N) is 1. The molecule has 1 heterocycles. The number of hydrogen-bond acceptors (Lipinski definition) is 12. The second-order valence-electron chi connectivity index (χ2n) is 10.2. The Morgan fingerprint density at radius 3 is 2.46 bits per heavy atom. The van der Waals surface area contributed by atoms with Crippen molar-refractivity contribution in [3.8, 4) is 17.2 Å². The number of rotatable bonds is 5. The maximum absolute atomic E-state index is 15.1. The zero-order valence-corrected chi connectivity index (χ0v) is 22.7. The first kappa shape index (κ1) is 30.8. The Morgan fingerprint density at radius 1 is 1.17 bits per heavy atom. The highest BCUT2D eigenvalue weighted by Gasteiger charge is 2.51. The minimum atomic E-state index is -2.37. The summed E-state index contributed by atoms with van der Waals surface area (Å²) in [6.07, 6.45) is -9.11. The van der Waals surface area contributed by atoms with Gasteiger partial charge >= 0.3 is 0 Å². The number of ether oxygens (including phenoxy) is 3. The average Bonchev–Trinajstić information content (AvgIpc) is 2.94. The summed E-state index contributed by atoms with van der Waals surface area (Å²) in [6, 6.07) is 2.82. The molecule has 2 aromatic rings. The van der Waals surface area contributed by atoms with Crippen molar-refractivity contribution in [2.45, 2.75) is 62.2 Å². The third-order valence-electron chi connectivity index (χ3n) is 7.89. The fourth-order valence-electron chi connectivity index (χ4n) is 5.71. The maximum atomic E-state index is 15.1. The molecule has 0 bridgehead atoms. The van der Waals surface area contributed by atoms with Gasteiger partial charge in [-0.15, -0.1) is 12.4 Å². The number of methoxy groups -OCH3 is 1. The van der Waals surface area contributed by atoms with Gasteiger partial charge in [-0.25, -0.2) is 4.39 Å². The molecule has 3 aliphatic rings. The molecule has 0 spiro atoms. The number of halogens is 2. The quantitative estimate of drug-likeness (QED) is 0.221. The number of aromatic hydroxyl groups is 2. The van der Waals surface area contributed by atoms with Crippen LogP contribution in [0.3, 0.4) is 0 Å². The van der Waals surface area contributed by atoms with Crippen LogP contribution in [0.5, 0.6) is 17.2 Å². The predicted molar refractivity (Wildman–Crippen MR) is 139 cm³/mol. The first-order chi connectivity index (χ1) is 18.9. The van der Waals surface area contributed by atoms with E-state index in [0.717, 1.165) is 0 Å². The van der Waals surface area contributed by atoms with Gasteiger partial charge in [-0.1, -0.05) is 12.1 Å². The molecule has 14 heteroatoms. The third kappa shape index (κ3) is 4.57. The number of carbonyl (C=O) groups is 3. The second kappa shape index (κ2) is 10.9. The van der Waals surface area contributed by atoms with Crippen LogP contribution in [0.25, 0.3) is 0 Å². The summed E-state index contributed by atoms with van der Waals surface area (Å²) in [4.78, 5) is 39.7. The van der Waals surface area contributed by atoms with Crippen LogP contribution in [0.4, 0.5) is 4.39 Å². The number of aliphatic hydroxyl groups excluding tert-OH is 2. The fraction of sp³-hybridized carbons (Fsp3) is 0.444. The monoisotopic (exact) mass is 597 g/mol. The van der Waals surface area contributed by atoms with E-state index in [9.17, 15) is 39.9 Å². The van der Waals surface area contributed by atoms with Crippen molar-refractivity contribution < 1.29 is 58.5 Å². The largest absolute Gasteiger partial charge is 0.507 e. The second-order valence-corrected chi connectivity index (χ2v) is 10.2. The molecule has 1 saturated heterocycles. The molecule has 41 heavy (non-hydrogen) atoms. The molecule has 2 aromatic carbocycles. The third-order valence-corrected chi connectivity index (χ3v) is 7.89. The Bertz CT molecular complexity index is 1430. The van der Waals surface area contributed by atoms with Crippen LogP contribution in [0.15, 0.2) is 18.2 Å². The topological polar surface area (TPSA) is 206 Å². The standard InChI is InChI=1S/C27H28FNO11.ClH/c1-9-21(32)20(29)19(28)26(39-9)40-13-7-27(37,14(31)8-30)6-11-16(13)25(36)18-17(23(11)34)22(33)10-4-3-5-12(38-2)15(10)24(18)35;/h3-5,9,13,19-21,26,30,32,34,36-37H,6-8,29H2,1-2H3;1H/t9-,13-,19+,20-,21+,26-,27-;/m0./s1. The normalized spacial score (nSPS) is 30.5. The van der Waals surface area contributed by atoms with Gasteiger partial charge in [-0.05, 0) is 13.0 Å². The Balaban J connectivity index is 0.00000387. The minimum absolute atomic E-state index is 0. The number of benzene rings is 2. The average molecular weight is 598 g/mol. The van der Waals surface area contributed by atoms with Crippen molar-refractivity contribution in [1.29, 1.82) is 0 Å². The van der Waals surface area contributed by atoms with Crippen molar-refractivity contribution >= 4 is 29.8 Å². The molecule has 0 amide bonds. The number of carbonyl (C=O) groups excluding carboxylic acids is 3. The van der Waals surface area contributed by atoms with E-state index in [1.165, 1.54) is 32.2 Å². The molecule has 7 atom stereocenters. The molecule has 0 saturated carbocycles. The summed E-state index contributed by atoms with van der Waals surface area (Å²) < 4.78 is 31.5. The lowest BCUT2D eigenvalue weighted by Crippen LogP contribution is -2.60. The Labute approximate surface area is 238 Å².